The van der Waals surface area contributed by atoms with Gasteiger partial charge in [-0.1, -0.05) is 36.4 Å². The number of methoxy groups -OCH3 is 1. The highest BCUT2D eigenvalue weighted by molar-refractivity contribution is 7.89. The van der Waals surface area contributed by atoms with Crippen LogP contribution in [0.5, 0.6) is 0 Å². The summed E-state index contributed by atoms with van der Waals surface area (Å²) in [7, 11) is -2.71. The van der Waals surface area contributed by atoms with Crippen LogP contribution < -0.4 is 0 Å². The minimum atomic E-state index is -4.02. The van der Waals surface area contributed by atoms with Crippen LogP contribution in [0.15, 0.2) is 113 Å². The zero-order valence-electron chi connectivity index (χ0n) is 19.9. The maximum absolute atomic E-state index is 13.8. The van der Waals surface area contributed by atoms with Gasteiger partial charge in [-0.05, 0) is 60.0 Å². The summed E-state index contributed by atoms with van der Waals surface area (Å²) in [4.78, 5) is 12.6. The van der Waals surface area contributed by atoms with E-state index in [9.17, 15) is 13.2 Å². The van der Waals surface area contributed by atoms with E-state index in [2.05, 4.69) is 12.0 Å². The number of benzene rings is 3. The summed E-state index contributed by atoms with van der Waals surface area (Å²) < 4.78 is 40.7. The summed E-state index contributed by atoms with van der Waals surface area (Å²) in [5, 5.41) is 0.675. The Balaban J connectivity index is 1.63. The SMILES string of the molecule is COC(=O)c1cccc(C#CN(Cc2ccccc2)S(=O)(=O)c2ccc3occc3c2)c1-n1cccc1. The third-order valence-electron chi connectivity index (χ3n) is 5.80. The van der Waals surface area contributed by atoms with Crippen molar-refractivity contribution < 1.29 is 22.4 Å². The number of para-hydroxylation sites is 1. The number of ether oxygens (including phenoxy) is 1. The third-order valence-corrected chi connectivity index (χ3v) is 7.45. The second-order valence-corrected chi connectivity index (χ2v) is 10.0. The van der Waals surface area contributed by atoms with Gasteiger partial charge in [-0.2, -0.15) is 0 Å². The molecule has 5 aromatic rings. The Bertz CT molecular complexity index is 1730. The number of carbonyl (C=O) groups is 1. The van der Waals surface area contributed by atoms with E-state index in [4.69, 9.17) is 9.15 Å². The maximum Gasteiger partial charge on any atom is 0.340 e. The number of nitrogens with zero attached hydrogens (tertiary/aromatic N) is 2. The van der Waals surface area contributed by atoms with Crippen LogP contribution in [0.25, 0.3) is 16.7 Å². The van der Waals surface area contributed by atoms with Gasteiger partial charge in [-0.3, -0.25) is 0 Å². The van der Waals surface area contributed by atoms with Crippen LogP contribution in [0, 0.1) is 12.0 Å². The van der Waals surface area contributed by atoms with Gasteiger partial charge in [0.2, 0.25) is 0 Å². The fourth-order valence-corrected chi connectivity index (χ4v) is 5.22. The highest BCUT2D eigenvalue weighted by atomic mass is 32.2. The van der Waals surface area contributed by atoms with Crippen LogP contribution in [-0.4, -0.2) is 30.4 Å². The number of esters is 1. The van der Waals surface area contributed by atoms with Gasteiger partial charge in [0.15, 0.2) is 0 Å². The first-order valence-electron chi connectivity index (χ1n) is 11.4. The van der Waals surface area contributed by atoms with Crippen molar-refractivity contribution in [3.63, 3.8) is 0 Å². The van der Waals surface area contributed by atoms with Crippen molar-refractivity contribution in [1.82, 2.24) is 8.87 Å². The molecule has 5 rings (SSSR count). The van der Waals surface area contributed by atoms with Gasteiger partial charge >= 0.3 is 5.97 Å². The summed E-state index contributed by atoms with van der Waals surface area (Å²) in [5.41, 5.74) is 2.66. The Morgan fingerprint density at radius 1 is 0.973 bits per heavy atom. The lowest BCUT2D eigenvalue weighted by atomic mass is 10.1. The molecule has 37 heavy (non-hydrogen) atoms. The molecule has 0 bridgehead atoms. The average molecular weight is 511 g/mol. The lowest BCUT2D eigenvalue weighted by Gasteiger charge is -2.18. The molecule has 2 heterocycles. The summed E-state index contributed by atoms with van der Waals surface area (Å²) in [6.45, 7) is 0.0368. The van der Waals surface area contributed by atoms with Crippen LogP contribution in [0.2, 0.25) is 0 Å². The number of hydrogen-bond donors (Lipinski definition) is 0. The van der Waals surface area contributed by atoms with Gasteiger partial charge in [-0.15, -0.1) is 0 Å². The zero-order valence-corrected chi connectivity index (χ0v) is 20.7. The molecule has 0 aliphatic heterocycles. The Hall–Kier alpha value is -4.74. The number of rotatable bonds is 6. The monoisotopic (exact) mass is 510 g/mol. The largest absolute Gasteiger partial charge is 0.465 e. The van der Waals surface area contributed by atoms with Crippen LogP contribution in [0.4, 0.5) is 0 Å². The van der Waals surface area contributed by atoms with E-state index in [1.54, 1.807) is 53.4 Å². The fraction of sp³-hybridized carbons (Fsp3) is 0.0690. The molecule has 0 aliphatic carbocycles. The number of fused-ring (bicyclic) bond motifs is 1. The first-order chi connectivity index (χ1) is 18.0. The first-order valence-corrected chi connectivity index (χ1v) is 12.8. The Kier molecular flexibility index (Phi) is 6.54. The summed E-state index contributed by atoms with van der Waals surface area (Å²) >= 11 is 0. The van der Waals surface area contributed by atoms with Gasteiger partial charge in [0, 0.05) is 23.8 Å². The molecule has 184 valence electrons. The van der Waals surface area contributed by atoms with Crippen molar-refractivity contribution in [3.8, 4) is 17.7 Å². The van der Waals surface area contributed by atoms with E-state index >= 15 is 0 Å². The second-order valence-electron chi connectivity index (χ2n) is 8.14. The molecule has 0 atom stereocenters. The molecule has 0 spiro atoms. The molecule has 0 amide bonds. The number of sulfonamides is 1. The first kappa shape index (κ1) is 24.0. The molecule has 0 radical (unpaired) electrons. The van der Waals surface area contributed by atoms with Crippen molar-refractivity contribution in [1.29, 1.82) is 0 Å². The van der Waals surface area contributed by atoms with Gasteiger partial charge in [-0.25, -0.2) is 17.5 Å². The van der Waals surface area contributed by atoms with Crippen LogP contribution in [0.1, 0.15) is 21.5 Å². The van der Waals surface area contributed by atoms with Crippen LogP contribution in [0.3, 0.4) is 0 Å². The smallest absolute Gasteiger partial charge is 0.340 e. The van der Waals surface area contributed by atoms with Crippen molar-refractivity contribution >= 4 is 27.0 Å². The van der Waals surface area contributed by atoms with E-state index in [0.29, 0.717) is 27.8 Å². The molecule has 0 unspecified atom stereocenters. The topological polar surface area (TPSA) is 81.8 Å². The molecule has 8 heteroatoms. The van der Waals surface area contributed by atoms with E-state index in [-0.39, 0.29) is 11.4 Å². The average Bonchev–Trinajstić information content (AvgIpc) is 3.63. The van der Waals surface area contributed by atoms with Gasteiger partial charge in [0.25, 0.3) is 10.0 Å². The number of furan rings is 1. The van der Waals surface area contributed by atoms with Crippen molar-refractivity contribution in [2.24, 2.45) is 0 Å². The minimum Gasteiger partial charge on any atom is -0.465 e. The summed E-state index contributed by atoms with van der Waals surface area (Å²) in [6.07, 6.45) is 5.08. The summed E-state index contributed by atoms with van der Waals surface area (Å²) in [6, 6.07) is 27.2. The predicted molar refractivity (Wildman–Crippen MR) is 139 cm³/mol. The normalized spacial score (nSPS) is 11.1. The highest BCUT2D eigenvalue weighted by Crippen LogP contribution is 2.25. The van der Waals surface area contributed by atoms with Gasteiger partial charge < -0.3 is 13.7 Å². The second kappa shape index (κ2) is 10.1. The summed E-state index contributed by atoms with van der Waals surface area (Å²) in [5.74, 6) is 2.48. The van der Waals surface area contributed by atoms with Crippen molar-refractivity contribution in [2.75, 3.05) is 7.11 Å². The van der Waals surface area contributed by atoms with Gasteiger partial charge in [0.1, 0.15) is 5.58 Å². The van der Waals surface area contributed by atoms with E-state index in [0.717, 1.165) is 9.87 Å². The maximum atomic E-state index is 13.8. The Morgan fingerprint density at radius 3 is 2.51 bits per heavy atom. The van der Waals surface area contributed by atoms with Crippen LogP contribution in [-0.2, 0) is 21.3 Å². The molecule has 2 aromatic heterocycles. The standard InChI is InChI=1S/C29H22N2O5S/c1-35-29(32)26-11-7-10-23(28(26)30-16-5-6-17-30)14-18-31(21-22-8-3-2-4-9-22)37(33,34)25-12-13-27-24(20-25)15-19-36-27/h2-13,15-17,19-20H,21H2,1H3. The fourth-order valence-electron chi connectivity index (χ4n) is 3.97. The van der Waals surface area contributed by atoms with Gasteiger partial charge in [0.05, 0.1) is 41.6 Å². The molecule has 3 aromatic carbocycles. The van der Waals surface area contributed by atoms with E-state index in [1.807, 2.05) is 42.5 Å². The number of hydrogen-bond acceptors (Lipinski definition) is 5. The molecule has 7 nitrogen and oxygen atoms in total. The molecular weight excluding hydrogens is 488 g/mol. The molecule has 0 saturated carbocycles. The van der Waals surface area contributed by atoms with E-state index in [1.165, 1.54) is 19.4 Å². The number of aromatic nitrogens is 1. The molecular formula is C29H22N2O5S. The Morgan fingerprint density at radius 2 is 1.76 bits per heavy atom. The van der Waals surface area contributed by atoms with Crippen LogP contribution >= 0.6 is 0 Å². The lowest BCUT2D eigenvalue weighted by molar-refractivity contribution is 0.0600. The zero-order chi connectivity index (χ0) is 25.8. The van der Waals surface area contributed by atoms with E-state index < -0.39 is 16.0 Å². The minimum absolute atomic E-state index is 0.0368. The predicted octanol–water partition coefficient (Wildman–Crippen LogP) is 5.21. The molecule has 0 fully saturated rings. The lowest BCUT2D eigenvalue weighted by Crippen LogP contribution is -2.26. The molecule has 0 N–H and O–H groups in total. The number of carbonyl (C=O) groups excluding carboxylic acids is 1. The van der Waals surface area contributed by atoms with Crippen molar-refractivity contribution in [2.45, 2.75) is 11.4 Å². The quantitative estimate of drug-likeness (QED) is 0.178. The molecule has 0 aliphatic rings. The third kappa shape index (κ3) is 4.85. The van der Waals surface area contributed by atoms with Crippen molar-refractivity contribution in [3.05, 3.63) is 120 Å². The molecule has 0 saturated heterocycles. The Labute approximate surface area is 214 Å². The highest BCUT2D eigenvalue weighted by Gasteiger charge is 2.24.